The van der Waals surface area contributed by atoms with Crippen molar-refractivity contribution in [1.82, 2.24) is 30.1 Å². The van der Waals surface area contributed by atoms with Gasteiger partial charge in [0.25, 0.3) is 5.91 Å². The van der Waals surface area contributed by atoms with Gasteiger partial charge in [-0.25, -0.2) is 14.4 Å². The van der Waals surface area contributed by atoms with Crippen molar-refractivity contribution in [2.45, 2.75) is 65.6 Å². The first kappa shape index (κ1) is 40.9. The van der Waals surface area contributed by atoms with E-state index in [0.29, 0.717) is 18.1 Å². The van der Waals surface area contributed by atoms with Crippen LogP contribution in [0.25, 0.3) is 0 Å². The Balaban J connectivity index is 0.000000637. The van der Waals surface area contributed by atoms with Gasteiger partial charge in [-0.15, -0.1) is 0 Å². The topological polar surface area (TPSA) is 105 Å². The van der Waals surface area contributed by atoms with Gasteiger partial charge < -0.3 is 36.8 Å². The van der Waals surface area contributed by atoms with Gasteiger partial charge in [-0.05, 0) is 64.4 Å². The van der Waals surface area contributed by atoms with E-state index in [4.69, 9.17) is 14.2 Å². The van der Waals surface area contributed by atoms with Gasteiger partial charge in [0.15, 0.2) is 11.6 Å². The molecule has 5 heterocycles. The number of aromatic nitrogens is 3. The Morgan fingerprint density at radius 3 is 2.52 bits per heavy atom. The van der Waals surface area contributed by atoms with Crippen LogP contribution in [0, 0.1) is 18.7 Å². The molecule has 3 aromatic rings. The Kier molecular flexibility index (Phi) is 15.4. The second kappa shape index (κ2) is 18.8. The fourth-order valence-corrected chi connectivity index (χ4v) is 7.10. The predicted octanol–water partition coefficient (Wildman–Crippen LogP) is 2.16. The monoisotopic (exact) mass is 809 g/mol. The maximum Gasteiger partial charge on any atom is 1.00 e. The number of rotatable bonds is 9. The number of pyridine rings is 1. The second-order valence-electron chi connectivity index (χ2n) is 13.4. The maximum absolute atomic E-state index is 14.2. The number of amides is 1. The molecule has 0 radical (unpaired) electrons. The summed E-state index contributed by atoms with van der Waals surface area (Å²) in [6.45, 7) is 17.0. The van der Waals surface area contributed by atoms with Gasteiger partial charge in [-0.1, -0.05) is 6.92 Å². The normalized spacial score (nSPS) is 17.9. The Bertz CT molecular complexity index is 1550. The van der Waals surface area contributed by atoms with Crippen LogP contribution in [-0.4, -0.2) is 102 Å². The number of halogens is 1. The minimum Gasteiger partial charge on any atom is -0.490 e. The molecular weight excluding hydrogens is 758 g/mol. The SMILES string of the molecule is C1COCCN1.CCN1CCc2nccc(OC3CC4(C3)CN(c3ncncc3Oc3ccc(F)cc3C(=O)N(CC)C(C)C)C4)c2C1.[CH3-].[Cs+]. The van der Waals surface area contributed by atoms with Crippen LogP contribution < -0.4 is 88.6 Å². The van der Waals surface area contributed by atoms with Crippen LogP contribution in [-0.2, 0) is 17.7 Å². The number of nitrogens with zero attached hydrogens (tertiary/aromatic N) is 6. The molecule has 11 nitrogen and oxygen atoms in total. The molecule has 1 saturated carbocycles. The van der Waals surface area contributed by atoms with E-state index >= 15 is 0 Å². The van der Waals surface area contributed by atoms with Crippen molar-refractivity contribution in [3.8, 4) is 17.2 Å². The third-order valence-corrected chi connectivity index (χ3v) is 9.68. The number of nitrogens with one attached hydrogen (secondary N) is 1. The fraction of sp³-hybridized carbons (Fsp3) is 0.541. The average molecular weight is 810 g/mol. The molecule has 2 aromatic heterocycles. The molecule has 4 aliphatic rings. The maximum atomic E-state index is 14.2. The third kappa shape index (κ3) is 9.58. The number of likely N-dealkylation sites (N-methyl/N-ethyl adjacent to an activating group) is 1. The zero-order valence-electron chi connectivity index (χ0n) is 30.6. The molecule has 3 fully saturated rings. The molecule has 0 bridgehead atoms. The van der Waals surface area contributed by atoms with E-state index in [9.17, 15) is 9.18 Å². The predicted molar refractivity (Wildman–Crippen MR) is 188 cm³/mol. The zero-order chi connectivity index (χ0) is 33.7. The Labute approximate surface area is 355 Å². The molecule has 266 valence electrons. The van der Waals surface area contributed by atoms with E-state index in [1.807, 2.05) is 33.0 Å². The summed E-state index contributed by atoms with van der Waals surface area (Å²) in [5.74, 6) is 1.60. The molecule has 0 atom stereocenters. The molecule has 0 unspecified atom stereocenters. The second-order valence-corrected chi connectivity index (χ2v) is 13.4. The third-order valence-electron chi connectivity index (χ3n) is 9.68. The number of anilines is 1. The molecule has 7 rings (SSSR count). The summed E-state index contributed by atoms with van der Waals surface area (Å²) in [7, 11) is 0. The number of carbonyl (C=O) groups excluding carboxylic acids is 1. The van der Waals surface area contributed by atoms with E-state index in [1.54, 1.807) is 11.1 Å². The van der Waals surface area contributed by atoms with Gasteiger partial charge in [0, 0.05) is 81.1 Å². The average Bonchev–Trinajstić information content (AvgIpc) is 3.07. The van der Waals surface area contributed by atoms with Crippen molar-refractivity contribution in [2.75, 3.05) is 63.9 Å². The van der Waals surface area contributed by atoms with Crippen LogP contribution in [0.4, 0.5) is 10.2 Å². The van der Waals surface area contributed by atoms with Crippen molar-refractivity contribution < 1.29 is 92.3 Å². The largest absolute Gasteiger partial charge is 1.00 e. The summed E-state index contributed by atoms with van der Waals surface area (Å²) in [6, 6.07) is 6.01. The summed E-state index contributed by atoms with van der Waals surface area (Å²) in [6.07, 6.45) is 8.09. The molecule has 1 amide bonds. The molecular formula is C37H51CsFN7O4. The van der Waals surface area contributed by atoms with Crippen molar-refractivity contribution in [1.29, 1.82) is 0 Å². The van der Waals surface area contributed by atoms with Crippen molar-refractivity contribution >= 4 is 11.7 Å². The van der Waals surface area contributed by atoms with Gasteiger partial charge in [-0.2, -0.15) is 0 Å². The van der Waals surface area contributed by atoms with E-state index in [-0.39, 0.29) is 111 Å². The minimum absolute atomic E-state index is 0. The molecule has 1 aromatic carbocycles. The molecule has 3 aliphatic heterocycles. The van der Waals surface area contributed by atoms with Crippen LogP contribution in [0.5, 0.6) is 17.2 Å². The summed E-state index contributed by atoms with van der Waals surface area (Å²) >= 11 is 0. The van der Waals surface area contributed by atoms with Crippen molar-refractivity contribution in [3.05, 3.63) is 73.1 Å². The van der Waals surface area contributed by atoms with E-state index in [2.05, 4.69) is 37.0 Å². The van der Waals surface area contributed by atoms with Crippen LogP contribution in [0.3, 0.4) is 0 Å². The van der Waals surface area contributed by atoms with E-state index < -0.39 is 5.82 Å². The zero-order valence-corrected chi connectivity index (χ0v) is 36.9. The number of ether oxygens (including phenoxy) is 3. The number of fused-ring (bicyclic) bond motifs is 1. The van der Waals surface area contributed by atoms with E-state index in [0.717, 1.165) is 89.7 Å². The molecule has 50 heavy (non-hydrogen) atoms. The van der Waals surface area contributed by atoms with Gasteiger partial charge in [0.1, 0.15) is 29.7 Å². The standard InChI is InChI=1S/C32H39FN6O3.C4H9NO.CH3.Cs/c1-5-37-12-10-26-25(17-37)28(9-11-35-26)41-23-14-32(15-23)18-38(19-32)30-29(16-34-20-36-30)42-27-8-7-22(33)13-24(27)31(40)39(6-2)21(3)4;1-3-6-4-2-5-1;;/h7-9,11,13,16,20-21,23H,5-6,10,12,14-15,17-19H2,1-4H3;5H,1-4H2;1H3;/q;;-1;+1. The summed E-state index contributed by atoms with van der Waals surface area (Å²) in [5.41, 5.74) is 2.76. The van der Waals surface area contributed by atoms with Gasteiger partial charge >= 0.3 is 68.9 Å². The van der Waals surface area contributed by atoms with Crippen LogP contribution in [0.1, 0.15) is 62.2 Å². The summed E-state index contributed by atoms with van der Waals surface area (Å²) in [4.78, 5) is 32.9. The molecule has 1 spiro atoms. The summed E-state index contributed by atoms with van der Waals surface area (Å²) < 4.78 is 32.0. The number of hydrogen-bond donors (Lipinski definition) is 1. The Hall–Kier alpha value is -1.82. The first-order valence-electron chi connectivity index (χ1n) is 17.3. The molecule has 1 N–H and O–H groups in total. The van der Waals surface area contributed by atoms with Crippen LogP contribution >= 0.6 is 0 Å². The fourth-order valence-electron chi connectivity index (χ4n) is 7.10. The molecule has 13 heteroatoms. The Morgan fingerprint density at radius 1 is 1.12 bits per heavy atom. The summed E-state index contributed by atoms with van der Waals surface area (Å²) in [5, 5.41) is 3.16. The van der Waals surface area contributed by atoms with Crippen LogP contribution in [0.15, 0.2) is 43.0 Å². The number of carbonyl (C=O) groups is 1. The van der Waals surface area contributed by atoms with Gasteiger partial charge in [0.2, 0.25) is 0 Å². The first-order chi connectivity index (χ1) is 23.3. The Morgan fingerprint density at radius 2 is 1.88 bits per heavy atom. The first-order valence-corrected chi connectivity index (χ1v) is 17.3. The number of morpholine rings is 1. The number of hydrogen-bond acceptors (Lipinski definition) is 10. The molecule has 2 saturated heterocycles. The van der Waals surface area contributed by atoms with E-state index in [1.165, 1.54) is 30.1 Å². The van der Waals surface area contributed by atoms with Gasteiger partial charge in [0.05, 0.1) is 25.0 Å². The van der Waals surface area contributed by atoms with Crippen LogP contribution in [0.2, 0.25) is 0 Å². The van der Waals surface area contributed by atoms with Gasteiger partial charge in [-0.3, -0.25) is 14.7 Å². The smallest absolute Gasteiger partial charge is 0.490 e. The molecule has 1 aliphatic carbocycles. The van der Waals surface area contributed by atoms with Crippen molar-refractivity contribution in [2.24, 2.45) is 5.41 Å². The van der Waals surface area contributed by atoms with Crippen molar-refractivity contribution in [3.63, 3.8) is 0 Å². The number of benzene rings is 1. The quantitative estimate of drug-likeness (QED) is 0.324. The minimum atomic E-state index is -0.489.